The molecular weight excluding hydrogens is 256 g/mol. The van der Waals surface area contributed by atoms with E-state index >= 15 is 0 Å². The van der Waals surface area contributed by atoms with Crippen LogP contribution in [0.15, 0.2) is 36.5 Å². The van der Waals surface area contributed by atoms with E-state index < -0.39 is 0 Å². The molecule has 1 heteroatoms. The van der Waals surface area contributed by atoms with Gasteiger partial charge in [0.15, 0.2) is 0 Å². The molecule has 0 spiro atoms. The van der Waals surface area contributed by atoms with Crippen molar-refractivity contribution < 1.29 is 4.74 Å². The van der Waals surface area contributed by atoms with E-state index in [2.05, 4.69) is 43.6 Å². The normalized spacial score (nSPS) is 15.6. The zero-order valence-electron chi connectivity index (χ0n) is 13.6. The maximum atomic E-state index is 5.74. The predicted molar refractivity (Wildman–Crippen MR) is 92.2 cm³/mol. The summed E-state index contributed by atoms with van der Waals surface area (Å²) in [7, 11) is 0. The van der Waals surface area contributed by atoms with Crippen molar-refractivity contribution in [3.63, 3.8) is 0 Å². The molecule has 0 radical (unpaired) electrons. The molecule has 0 N–H and O–H groups in total. The van der Waals surface area contributed by atoms with Gasteiger partial charge in [-0.3, -0.25) is 0 Å². The molecule has 1 nitrogen and oxygen atoms in total. The Hall–Kier alpha value is -1.26. The lowest BCUT2D eigenvalue weighted by atomic mass is 10.1. The summed E-state index contributed by atoms with van der Waals surface area (Å²) in [6.45, 7) is 6.53. The lowest BCUT2D eigenvalue weighted by Crippen LogP contribution is -2.10. The van der Waals surface area contributed by atoms with Crippen LogP contribution in [-0.2, 0) is 4.74 Å². The van der Waals surface area contributed by atoms with Gasteiger partial charge >= 0.3 is 0 Å². The molecule has 116 valence electrons. The third-order valence-corrected chi connectivity index (χ3v) is 3.59. The molecule has 1 atom stereocenters. The van der Waals surface area contributed by atoms with Gasteiger partial charge in [-0.05, 0) is 50.5 Å². The Bertz CT molecular complexity index is 392. The summed E-state index contributed by atoms with van der Waals surface area (Å²) in [5.41, 5.74) is 1.29. The zero-order chi connectivity index (χ0) is 15.2. The van der Waals surface area contributed by atoms with Crippen LogP contribution in [0.5, 0.6) is 0 Å². The van der Waals surface area contributed by atoms with Crippen molar-refractivity contribution in [1.82, 2.24) is 0 Å². The molecular formula is C20H30O. The third kappa shape index (κ3) is 9.32. The Morgan fingerprint density at radius 3 is 2.90 bits per heavy atom. The molecule has 0 aromatic heterocycles. The van der Waals surface area contributed by atoms with Crippen LogP contribution in [0.3, 0.4) is 0 Å². The van der Waals surface area contributed by atoms with Crippen LogP contribution in [0, 0.1) is 11.8 Å². The highest BCUT2D eigenvalue weighted by atomic mass is 16.5. The average Bonchev–Trinajstić information content (AvgIpc) is 3.01. The van der Waals surface area contributed by atoms with Crippen LogP contribution in [0.25, 0.3) is 0 Å². The number of ether oxygens (including phenoxy) is 1. The lowest BCUT2D eigenvalue weighted by Gasteiger charge is -2.09. The fraction of sp³-hybridized carbons (Fsp3) is 0.600. The third-order valence-electron chi connectivity index (χ3n) is 3.59. The van der Waals surface area contributed by atoms with Crippen LogP contribution in [0.4, 0.5) is 0 Å². The Morgan fingerprint density at radius 1 is 1.33 bits per heavy atom. The monoisotopic (exact) mass is 286 g/mol. The minimum atomic E-state index is 0.0322. The summed E-state index contributed by atoms with van der Waals surface area (Å²) in [4.78, 5) is 0. The van der Waals surface area contributed by atoms with Crippen molar-refractivity contribution in [3.05, 3.63) is 36.5 Å². The summed E-state index contributed by atoms with van der Waals surface area (Å²) in [5, 5.41) is 0. The van der Waals surface area contributed by atoms with Crippen molar-refractivity contribution in [1.29, 1.82) is 0 Å². The fourth-order valence-electron chi connectivity index (χ4n) is 2.33. The first-order valence-electron chi connectivity index (χ1n) is 8.45. The summed E-state index contributed by atoms with van der Waals surface area (Å²) in [6.07, 6.45) is 19.4. The quantitative estimate of drug-likeness (QED) is 0.289. The molecule has 0 saturated heterocycles. The van der Waals surface area contributed by atoms with Gasteiger partial charge in [0.05, 0.1) is 6.61 Å². The molecule has 0 aromatic carbocycles. The molecule has 0 heterocycles. The number of hydrogen-bond donors (Lipinski definition) is 0. The van der Waals surface area contributed by atoms with Crippen LogP contribution in [0.2, 0.25) is 0 Å². The van der Waals surface area contributed by atoms with E-state index in [0.717, 1.165) is 19.3 Å². The summed E-state index contributed by atoms with van der Waals surface area (Å²) < 4.78 is 5.74. The Balaban J connectivity index is 2.30. The van der Waals surface area contributed by atoms with Crippen molar-refractivity contribution in [2.45, 2.75) is 70.8 Å². The summed E-state index contributed by atoms with van der Waals surface area (Å²) in [5.74, 6) is 6.57. The van der Waals surface area contributed by atoms with Gasteiger partial charge in [0.1, 0.15) is 6.10 Å². The van der Waals surface area contributed by atoms with Gasteiger partial charge in [-0.2, -0.15) is 0 Å². The number of allylic oxidation sites excluding steroid dienone is 4. The number of unbranched alkanes of at least 4 members (excludes halogenated alkanes) is 3. The topological polar surface area (TPSA) is 9.23 Å². The van der Waals surface area contributed by atoms with Gasteiger partial charge < -0.3 is 4.74 Å². The Labute approximate surface area is 131 Å². The molecule has 0 aromatic rings. The van der Waals surface area contributed by atoms with Crippen molar-refractivity contribution in [3.8, 4) is 11.8 Å². The second kappa shape index (κ2) is 12.5. The van der Waals surface area contributed by atoms with Crippen molar-refractivity contribution in [2.75, 3.05) is 6.61 Å². The maximum absolute atomic E-state index is 5.74. The van der Waals surface area contributed by atoms with Gasteiger partial charge in [-0.15, -0.1) is 6.58 Å². The van der Waals surface area contributed by atoms with Crippen LogP contribution in [-0.4, -0.2) is 12.7 Å². The van der Waals surface area contributed by atoms with E-state index in [1.165, 1.54) is 44.1 Å². The molecule has 1 aliphatic carbocycles. The van der Waals surface area contributed by atoms with Gasteiger partial charge in [-0.25, -0.2) is 0 Å². The van der Waals surface area contributed by atoms with E-state index in [1.54, 1.807) is 6.08 Å². The molecule has 0 amide bonds. The number of rotatable bonds is 10. The number of hydrogen-bond acceptors (Lipinski definition) is 1. The van der Waals surface area contributed by atoms with E-state index in [4.69, 9.17) is 4.74 Å². The zero-order valence-corrected chi connectivity index (χ0v) is 13.6. The molecule has 1 aliphatic rings. The van der Waals surface area contributed by atoms with Gasteiger partial charge in [0.25, 0.3) is 0 Å². The highest BCUT2D eigenvalue weighted by Gasteiger charge is 2.05. The molecule has 0 fully saturated rings. The van der Waals surface area contributed by atoms with Gasteiger partial charge in [0.2, 0.25) is 0 Å². The Kier molecular flexibility index (Phi) is 10.6. The van der Waals surface area contributed by atoms with Crippen molar-refractivity contribution >= 4 is 0 Å². The largest absolute Gasteiger partial charge is 0.361 e. The molecule has 0 saturated carbocycles. The fourth-order valence-corrected chi connectivity index (χ4v) is 2.33. The second-order valence-electron chi connectivity index (χ2n) is 5.55. The van der Waals surface area contributed by atoms with Crippen LogP contribution in [0.1, 0.15) is 64.7 Å². The minimum absolute atomic E-state index is 0.0322. The smallest absolute Gasteiger partial charge is 0.119 e. The van der Waals surface area contributed by atoms with E-state index in [-0.39, 0.29) is 6.10 Å². The first-order valence-corrected chi connectivity index (χ1v) is 8.45. The first-order chi connectivity index (χ1) is 10.4. The molecule has 1 rings (SSSR count). The minimum Gasteiger partial charge on any atom is -0.361 e. The highest BCUT2D eigenvalue weighted by molar-refractivity contribution is 5.32. The van der Waals surface area contributed by atoms with Crippen molar-refractivity contribution in [2.24, 2.45) is 0 Å². The SMILES string of the molecule is C=CCO[C@@H](C#CC1=CCCC1)CC/C=C\CCCCC. The van der Waals surface area contributed by atoms with E-state index in [0.29, 0.717) is 6.61 Å². The average molecular weight is 286 g/mol. The van der Waals surface area contributed by atoms with Gasteiger partial charge in [0, 0.05) is 0 Å². The molecule has 0 unspecified atom stereocenters. The maximum Gasteiger partial charge on any atom is 0.119 e. The molecule has 21 heavy (non-hydrogen) atoms. The van der Waals surface area contributed by atoms with Crippen LogP contribution >= 0.6 is 0 Å². The summed E-state index contributed by atoms with van der Waals surface area (Å²) in [6, 6.07) is 0. The van der Waals surface area contributed by atoms with Gasteiger partial charge in [-0.1, -0.05) is 55.9 Å². The standard InChI is InChI=1S/C20H30O/c1-3-5-6-7-8-9-10-15-20(21-18-4-2)17-16-19-13-11-12-14-19/h4,8-9,13,20H,2-3,5-7,10-12,14-15,18H2,1H3/b9-8-/t20-/m1/s1. The predicted octanol–water partition coefficient (Wildman–Crippen LogP) is 5.59. The second-order valence-corrected chi connectivity index (χ2v) is 5.55. The molecule has 0 aliphatic heterocycles. The van der Waals surface area contributed by atoms with E-state index in [1.807, 2.05) is 0 Å². The first kappa shape index (κ1) is 17.8. The lowest BCUT2D eigenvalue weighted by molar-refractivity contribution is 0.110. The molecule has 0 bridgehead atoms. The Morgan fingerprint density at radius 2 is 2.19 bits per heavy atom. The van der Waals surface area contributed by atoms with E-state index in [9.17, 15) is 0 Å². The summed E-state index contributed by atoms with van der Waals surface area (Å²) >= 11 is 0. The van der Waals surface area contributed by atoms with Crippen LogP contribution < -0.4 is 0 Å². The highest BCUT2D eigenvalue weighted by Crippen LogP contribution is 2.16.